The molecule has 0 bridgehead atoms. The third kappa shape index (κ3) is 4.32. The first kappa shape index (κ1) is 18.8. The summed E-state index contributed by atoms with van der Waals surface area (Å²) in [5.74, 6) is 0.717. The molecule has 1 unspecified atom stereocenters. The number of halogens is 2. The molecule has 0 radical (unpaired) electrons. The first-order valence-corrected chi connectivity index (χ1v) is 8.78. The lowest BCUT2D eigenvalue weighted by Crippen LogP contribution is -2.34. The summed E-state index contributed by atoms with van der Waals surface area (Å²) in [6.45, 7) is 10.1. The van der Waals surface area contributed by atoms with E-state index in [0.29, 0.717) is 15.8 Å². The van der Waals surface area contributed by atoms with Gasteiger partial charge >= 0.3 is 0 Å². The number of rotatable bonds is 7. The molecular formula is C18H23Cl2N3O. The third-order valence-corrected chi connectivity index (χ3v) is 4.56. The fourth-order valence-electron chi connectivity index (χ4n) is 2.57. The molecule has 0 spiro atoms. The third-order valence-electron chi connectivity index (χ3n) is 4.01. The molecule has 0 N–H and O–H groups in total. The van der Waals surface area contributed by atoms with Crippen LogP contribution in [0.3, 0.4) is 0 Å². The highest BCUT2D eigenvalue weighted by molar-refractivity contribution is 6.35. The van der Waals surface area contributed by atoms with Crippen LogP contribution in [0.2, 0.25) is 10.0 Å². The number of ether oxygens (including phenoxy) is 1. The Kier molecular flexibility index (Phi) is 6.72. The highest BCUT2D eigenvalue weighted by Gasteiger charge is 2.19. The van der Waals surface area contributed by atoms with Crippen molar-refractivity contribution in [3.05, 3.63) is 52.5 Å². The molecule has 1 aromatic heterocycles. The molecule has 1 aromatic carbocycles. The van der Waals surface area contributed by atoms with Crippen molar-refractivity contribution in [2.75, 3.05) is 13.1 Å². The molecule has 0 saturated heterocycles. The van der Waals surface area contributed by atoms with Crippen LogP contribution in [-0.2, 0) is 4.74 Å². The topological polar surface area (TPSA) is 30.3 Å². The predicted molar refractivity (Wildman–Crippen MR) is 101 cm³/mol. The summed E-state index contributed by atoms with van der Waals surface area (Å²) < 4.78 is 8.23. The number of nitrogens with zero attached hydrogens (tertiary/aromatic N) is 3. The van der Waals surface area contributed by atoms with Gasteiger partial charge in [-0.25, -0.2) is 4.98 Å². The Labute approximate surface area is 153 Å². The van der Waals surface area contributed by atoms with Crippen LogP contribution < -0.4 is 0 Å². The fraction of sp³-hybridized carbons (Fsp3) is 0.389. The summed E-state index contributed by atoms with van der Waals surface area (Å²) in [6, 6.07) is 5.43. The van der Waals surface area contributed by atoms with Gasteiger partial charge in [0.25, 0.3) is 0 Å². The maximum atomic E-state index is 6.42. The number of allylic oxidation sites excluding steroid dienone is 1. The van der Waals surface area contributed by atoms with Gasteiger partial charge in [-0.3, -0.25) is 4.90 Å². The van der Waals surface area contributed by atoms with Crippen LogP contribution in [0.4, 0.5) is 0 Å². The van der Waals surface area contributed by atoms with Gasteiger partial charge in [0.1, 0.15) is 12.0 Å². The highest BCUT2D eigenvalue weighted by Crippen LogP contribution is 2.32. The normalized spacial score (nSPS) is 13.8. The van der Waals surface area contributed by atoms with E-state index < -0.39 is 0 Å². The fourth-order valence-corrected chi connectivity index (χ4v) is 3.07. The van der Waals surface area contributed by atoms with Crippen LogP contribution >= 0.6 is 23.2 Å². The lowest BCUT2D eigenvalue weighted by atomic mass is 10.1. The molecular weight excluding hydrogens is 345 g/mol. The Hall–Kier alpha value is -1.49. The number of hydrogen-bond acceptors (Lipinski definition) is 3. The van der Waals surface area contributed by atoms with E-state index >= 15 is 0 Å². The molecule has 1 atom stereocenters. The van der Waals surface area contributed by atoms with Crippen LogP contribution in [0.15, 0.2) is 36.9 Å². The zero-order chi connectivity index (χ0) is 17.7. The maximum absolute atomic E-state index is 6.42. The molecule has 2 rings (SSSR count). The Bertz CT molecular complexity index is 694. The average molecular weight is 368 g/mol. The lowest BCUT2D eigenvalue weighted by Gasteiger charge is -2.29. The molecule has 1 heterocycles. The van der Waals surface area contributed by atoms with Gasteiger partial charge in [-0.2, -0.15) is 0 Å². The van der Waals surface area contributed by atoms with Gasteiger partial charge in [-0.1, -0.05) is 37.0 Å². The predicted octanol–water partition coefficient (Wildman–Crippen LogP) is 5.24. The van der Waals surface area contributed by atoms with E-state index in [1.54, 1.807) is 18.6 Å². The van der Waals surface area contributed by atoms with Gasteiger partial charge in [0.05, 0.1) is 17.0 Å². The monoisotopic (exact) mass is 367 g/mol. The molecule has 4 nitrogen and oxygen atoms in total. The number of aromatic nitrogens is 2. The molecule has 130 valence electrons. The minimum absolute atomic E-state index is 0.0831. The van der Waals surface area contributed by atoms with E-state index in [2.05, 4.69) is 23.7 Å². The average Bonchev–Trinajstić information content (AvgIpc) is 3.08. The van der Waals surface area contributed by atoms with E-state index in [4.69, 9.17) is 27.9 Å². The van der Waals surface area contributed by atoms with E-state index in [9.17, 15) is 0 Å². The van der Waals surface area contributed by atoms with E-state index in [0.717, 1.165) is 24.4 Å². The van der Waals surface area contributed by atoms with Gasteiger partial charge in [0.2, 0.25) is 0 Å². The van der Waals surface area contributed by atoms with Crippen molar-refractivity contribution in [2.45, 2.75) is 33.9 Å². The summed E-state index contributed by atoms with van der Waals surface area (Å²) in [7, 11) is 0. The van der Waals surface area contributed by atoms with Gasteiger partial charge in [0, 0.05) is 23.0 Å². The van der Waals surface area contributed by atoms with Crippen molar-refractivity contribution in [1.29, 1.82) is 0 Å². The maximum Gasteiger partial charge on any atom is 0.149 e. The summed E-state index contributed by atoms with van der Waals surface area (Å²) >= 11 is 12.5. The van der Waals surface area contributed by atoms with Gasteiger partial charge < -0.3 is 9.30 Å². The van der Waals surface area contributed by atoms with Crippen molar-refractivity contribution in [3.8, 4) is 0 Å². The van der Waals surface area contributed by atoms with E-state index in [-0.39, 0.29) is 6.23 Å². The van der Waals surface area contributed by atoms with Crippen molar-refractivity contribution in [3.63, 3.8) is 0 Å². The Morgan fingerprint density at radius 2 is 2.00 bits per heavy atom. The van der Waals surface area contributed by atoms with E-state index in [1.165, 1.54) is 0 Å². The molecule has 2 aromatic rings. The van der Waals surface area contributed by atoms with Crippen LogP contribution in [0.1, 0.15) is 33.3 Å². The van der Waals surface area contributed by atoms with Gasteiger partial charge in [-0.05, 0) is 45.1 Å². The van der Waals surface area contributed by atoms with Gasteiger partial charge in [-0.15, -0.1) is 0 Å². The number of imidazole rings is 1. The van der Waals surface area contributed by atoms with Crippen LogP contribution in [-0.4, -0.2) is 33.8 Å². The molecule has 0 saturated carbocycles. The first-order valence-electron chi connectivity index (χ1n) is 8.03. The highest BCUT2D eigenvalue weighted by atomic mass is 35.5. The molecule has 0 aliphatic heterocycles. The molecule has 6 heteroatoms. The molecule has 0 amide bonds. The van der Waals surface area contributed by atoms with Crippen molar-refractivity contribution in [1.82, 2.24) is 14.5 Å². The summed E-state index contributed by atoms with van der Waals surface area (Å²) in [5.41, 5.74) is 1.72. The SMILES string of the molecule is CCN(CC)C(C)O/C(=C(/C)n1ccnc1)c1ccc(Cl)cc1Cl. The Morgan fingerprint density at radius 3 is 2.54 bits per heavy atom. The number of hydrogen-bond donors (Lipinski definition) is 0. The summed E-state index contributed by atoms with van der Waals surface area (Å²) in [6.07, 6.45) is 5.27. The standard InChI is InChI=1S/C18H23Cl2N3O/c1-5-22(6-2)14(4)24-18(13(3)23-10-9-21-12-23)16-8-7-15(19)11-17(16)20/h7-12,14H,5-6H2,1-4H3/b18-13-. The quantitative estimate of drug-likeness (QED) is 0.495. The molecule has 0 aliphatic carbocycles. The second-order valence-electron chi connectivity index (χ2n) is 5.45. The summed E-state index contributed by atoms with van der Waals surface area (Å²) in [5, 5.41) is 1.16. The zero-order valence-electron chi connectivity index (χ0n) is 14.5. The lowest BCUT2D eigenvalue weighted by molar-refractivity contribution is 0.0259. The van der Waals surface area contributed by atoms with Crippen LogP contribution in [0.5, 0.6) is 0 Å². The zero-order valence-corrected chi connectivity index (χ0v) is 16.0. The second-order valence-corrected chi connectivity index (χ2v) is 6.29. The smallest absolute Gasteiger partial charge is 0.149 e. The number of benzene rings is 1. The van der Waals surface area contributed by atoms with Crippen molar-refractivity contribution >= 4 is 34.7 Å². The van der Waals surface area contributed by atoms with Gasteiger partial charge in [0.15, 0.2) is 0 Å². The minimum atomic E-state index is -0.0831. The van der Waals surface area contributed by atoms with E-state index in [1.807, 2.05) is 36.7 Å². The molecule has 0 aliphatic rings. The summed E-state index contributed by atoms with van der Waals surface area (Å²) in [4.78, 5) is 6.34. The van der Waals surface area contributed by atoms with Crippen molar-refractivity contribution in [2.24, 2.45) is 0 Å². The molecule has 24 heavy (non-hydrogen) atoms. The van der Waals surface area contributed by atoms with Crippen LogP contribution in [0, 0.1) is 0 Å². The Morgan fingerprint density at radius 1 is 1.29 bits per heavy atom. The first-order chi connectivity index (χ1) is 11.5. The van der Waals surface area contributed by atoms with Crippen molar-refractivity contribution < 1.29 is 4.74 Å². The largest absolute Gasteiger partial charge is 0.473 e. The Balaban J connectivity index is 2.48. The minimum Gasteiger partial charge on any atom is -0.473 e. The second kappa shape index (κ2) is 8.56. The molecule has 0 fully saturated rings. The van der Waals surface area contributed by atoms with Crippen LogP contribution in [0.25, 0.3) is 11.5 Å².